The van der Waals surface area contributed by atoms with Crippen molar-refractivity contribution in [2.75, 3.05) is 0 Å². The summed E-state index contributed by atoms with van der Waals surface area (Å²) in [4.78, 5) is 12.3. The smallest absolute Gasteiger partial charge is 0.263 e. The summed E-state index contributed by atoms with van der Waals surface area (Å²) in [5.41, 5.74) is 2.03. The number of hydrogen-bond donors (Lipinski definition) is 1. The van der Waals surface area contributed by atoms with Crippen LogP contribution < -0.4 is 14.8 Å². The standard InChI is InChI=1S/C22H21NO3S2/c24-21-20(28-22(27)23-21)13-15-5-9-17(10-6-15)25-14-16-7-11-19(12-8-16)26-18-3-1-2-4-18/h5-13,18H,1-4,14H2,(H,23,24,27). The molecule has 2 aromatic carbocycles. The van der Waals surface area contributed by atoms with Gasteiger partial charge in [0.2, 0.25) is 0 Å². The van der Waals surface area contributed by atoms with Crippen LogP contribution in [0, 0.1) is 0 Å². The lowest BCUT2D eigenvalue weighted by molar-refractivity contribution is -0.115. The second-order valence-corrected chi connectivity index (χ2v) is 8.60. The summed E-state index contributed by atoms with van der Waals surface area (Å²) in [6.07, 6.45) is 7.06. The van der Waals surface area contributed by atoms with Crippen LogP contribution in [0.25, 0.3) is 6.08 Å². The zero-order valence-corrected chi connectivity index (χ0v) is 17.0. The first-order valence-corrected chi connectivity index (χ1v) is 10.6. The number of hydrogen-bond acceptors (Lipinski definition) is 5. The van der Waals surface area contributed by atoms with E-state index in [0.29, 0.717) is 21.9 Å². The lowest BCUT2D eigenvalue weighted by atomic mass is 10.2. The fraction of sp³-hybridized carbons (Fsp3) is 0.273. The minimum Gasteiger partial charge on any atom is -0.490 e. The normalized spacial score (nSPS) is 18.5. The van der Waals surface area contributed by atoms with Crippen molar-refractivity contribution >= 4 is 40.3 Å². The molecule has 2 fully saturated rings. The van der Waals surface area contributed by atoms with E-state index in [1.807, 2.05) is 54.6 Å². The van der Waals surface area contributed by atoms with Gasteiger partial charge >= 0.3 is 0 Å². The van der Waals surface area contributed by atoms with Gasteiger partial charge in [-0.2, -0.15) is 0 Å². The first-order chi connectivity index (χ1) is 13.7. The van der Waals surface area contributed by atoms with Crippen LogP contribution in [0.15, 0.2) is 53.4 Å². The third-order valence-corrected chi connectivity index (χ3v) is 5.92. The van der Waals surface area contributed by atoms with Gasteiger partial charge in [-0.05, 0) is 67.2 Å². The molecule has 4 rings (SSSR count). The van der Waals surface area contributed by atoms with Gasteiger partial charge in [0.05, 0.1) is 11.0 Å². The van der Waals surface area contributed by atoms with E-state index >= 15 is 0 Å². The van der Waals surface area contributed by atoms with Crippen molar-refractivity contribution < 1.29 is 14.3 Å². The van der Waals surface area contributed by atoms with Crippen LogP contribution in [0.4, 0.5) is 0 Å². The van der Waals surface area contributed by atoms with E-state index in [4.69, 9.17) is 21.7 Å². The van der Waals surface area contributed by atoms with Gasteiger partial charge in [0.1, 0.15) is 22.4 Å². The molecule has 1 heterocycles. The van der Waals surface area contributed by atoms with Crippen LogP contribution in [-0.4, -0.2) is 16.3 Å². The highest BCUT2D eigenvalue weighted by Crippen LogP contribution is 2.27. The highest BCUT2D eigenvalue weighted by molar-refractivity contribution is 8.26. The first-order valence-electron chi connectivity index (χ1n) is 9.39. The largest absolute Gasteiger partial charge is 0.490 e. The molecule has 2 aliphatic rings. The molecule has 1 aliphatic heterocycles. The number of nitrogens with one attached hydrogen (secondary N) is 1. The second kappa shape index (κ2) is 8.80. The second-order valence-electron chi connectivity index (χ2n) is 6.88. The topological polar surface area (TPSA) is 47.6 Å². The Balaban J connectivity index is 1.30. The van der Waals surface area contributed by atoms with Crippen LogP contribution in [-0.2, 0) is 11.4 Å². The van der Waals surface area contributed by atoms with Gasteiger partial charge in [-0.1, -0.05) is 48.2 Å². The molecule has 0 radical (unpaired) electrons. The quantitative estimate of drug-likeness (QED) is 0.531. The fourth-order valence-electron chi connectivity index (χ4n) is 3.26. The number of thioether (sulfide) groups is 1. The maximum absolute atomic E-state index is 11.7. The number of rotatable bonds is 6. The Morgan fingerprint density at radius 2 is 1.71 bits per heavy atom. The molecule has 0 spiro atoms. The monoisotopic (exact) mass is 411 g/mol. The summed E-state index contributed by atoms with van der Waals surface area (Å²) in [6, 6.07) is 15.8. The van der Waals surface area contributed by atoms with Crippen molar-refractivity contribution in [2.24, 2.45) is 0 Å². The minimum absolute atomic E-state index is 0.143. The highest BCUT2D eigenvalue weighted by atomic mass is 32.2. The van der Waals surface area contributed by atoms with Gasteiger partial charge in [0.25, 0.3) is 5.91 Å². The van der Waals surface area contributed by atoms with Gasteiger partial charge in [-0.15, -0.1) is 0 Å². The van der Waals surface area contributed by atoms with Crippen LogP contribution in [0.1, 0.15) is 36.8 Å². The molecule has 144 valence electrons. The Bertz CT molecular complexity index is 885. The zero-order chi connectivity index (χ0) is 19.3. The van der Waals surface area contributed by atoms with Crippen molar-refractivity contribution in [2.45, 2.75) is 38.4 Å². The lowest BCUT2D eigenvalue weighted by Crippen LogP contribution is -2.17. The van der Waals surface area contributed by atoms with Crippen molar-refractivity contribution in [1.82, 2.24) is 5.32 Å². The molecule has 0 aromatic heterocycles. The molecule has 1 N–H and O–H groups in total. The Labute approximate surface area is 174 Å². The van der Waals surface area contributed by atoms with Crippen LogP contribution >= 0.6 is 24.0 Å². The zero-order valence-electron chi connectivity index (χ0n) is 15.4. The minimum atomic E-state index is -0.143. The highest BCUT2D eigenvalue weighted by Gasteiger charge is 2.21. The summed E-state index contributed by atoms with van der Waals surface area (Å²) < 4.78 is 12.3. The average molecular weight is 412 g/mol. The van der Waals surface area contributed by atoms with Gasteiger partial charge in [0.15, 0.2) is 0 Å². The van der Waals surface area contributed by atoms with E-state index in [1.165, 1.54) is 24.6 Å². The summed E-state index contributed by atoms with van der Waals surface area (Å²) in [6.45, 7) is 0.497. The number of benzene rings is 2. The van der Waals surface area contributed by atoms with Crippen molar-refractivity contribution in [3.8, 4) is 11.5 Å². The Morgan fingerprint density at radius 3 is 2.36 bits per heavy atom. The van der Waals surface area contributed by atoms with E-state index in [0.717, 1.165) is 35.5 Å². The van der Waals surface area contributed by atoms with Crippen LogP contribution in [0.2, 0.25) is 0 Å². The molecule has 0 atom stereocenters. The molecule has 1 saturated heterocycles. The Kier molecular flexibility index (Phi) is 5.98. The lowest BCUT2D eigenvalue weighted by Gasteiger charge is -2.13. The predicted octanol–water partition coefficient (Wildman–Crippen LogP) is 5.08. The summed E-state index contributed by atoms with van der Waals surface area (Å²) in [5, 5.41) is 2.61. The van der Waals surface area contributed by atoms with E-state index in [9.17, 15) is 4.79 Å². The van der Waals surface area contributed by atoms with Gasteiger partial charge in [-0.25, -0.2) is 0 Å². The Morgan fingerprint density at radius 1 is 1.04 bits per heavy atom. The summed E-state index contributed by atoms with van der Waals surface area (Å²) in [5.74, 6) is 1.57. The third kappa shape index (κ3) is 4.94. The number of thiocarbonyl (C=S) groups is 1. The van der Waals surface area contributed by atoms with Crippen LogP contribution in [0.3, 0.4) is 0 Å². The molecular weight excluding hydrogens is 390 g/mol. The molecule has 4 nitrogen and oxygen atoms in total. The van der Waals surface area contributed by atoms with Gasteiger partial charge in [-0.3, -0.25) is 4.79 Å². The third-order valence-electron chi connectivity index (χ3n) is 4.75. The molecule has 6 heteroatoms. The first kappa shape index (κ1) is 19.0. The van der Waals surface area contributed by atoms with E-state index < -0.39 is 0 Å². The maximum Gasteiger partial charge on any atom is 0.263 e. The van der Waals surface area contributed by atoms with Gasteiger partial charge in [0, 0.05) is 0 Å². The molecule has 1 aliphatic carbocycles. The number of carbonyl (C=O) groups is 1. The predicted molar refractivity (Wildman–Crippen MR) is 116 cm³/mol. The molecule has 28 heavy (non-hydrogen) atoms. The van der Waals surface area contributed by atoms with E-state index in [2.05, 4.69) is 5.32 Å². The maximum atomic E-state index is 11.7. The molecule has 2 aromatic rings. The number of carbonyl (C=O) groups excluding carboxylic acids is 1. The molecule has 1 amide bonds. The molecule has 0 bridgehead atoms. The van der Waals surface area contributed by atoms with E-state index in [1.54, 1.807) is 0 Å². The van der Waals surface area contributed by atoms with Crippen LogP contribution in [0.5, 0.6) is 11.5 Å². The fourth-order valence-corrected chi connectivity index (χ4v) is 4.31. The average Bonchev–Trinajstić information content (AvgIpc) is 3.32. The number of ether oxygens (including phenoxy) is 2. The molecule has 0 unspecified atom stereocenters. The van der Waals surface area contributed by atoms with Crippen molar-refractivity contribution in [1.29, 1.82) is 0 Å². The SMILES string of the molecule is O=C1NC(=S)SC1=Cc1ccc(OCc2ccc(OC3CCCC3)cc2)cc1. The van der Waals surface area contributed by atoms with Gasteiger partial charge < -0.3 is 14.8 Å². The number of amides is 1. The molecular formula is C22H21NO3S2. The summed E-state index contributed by atoms with van der Waals surface area (Å²) >= 11 is 6.28. The molecule has 1 saturated carbocycles. The Hall–Kier alpha value is -2.31. The van der Waals surface area contributed by atoms with Crippen molar-refractivity contribution in [3.63, 3.8) is 0 Å². The summed E-state index contributed by atoms with van der Waals surface area (Å²) in [7, 11) is 0. The van der Waals surface area contributed by atoms with E-state index in [-0.39, 0.29) is 5.91 Å². The van der Waals surface area contributed by atoms with Crippen molar-refractivity contribution in [3.05, 3.63) is 64.6 Å².